The number of hydrogen-bond donors (Lipinski definition) is 0. The second-order valence-electron chi connectivity index (χ2n) is 7.91. The lowest BCUT2D eigenvalue weighted by Crippen LogP contribution is -2.30. The zero-order chi connectivity index (χ0) is 21.5. The summed E-state index contributed by atoms with van der Waals surface area (Å²) in [5, 5.41) is 0. The van der Waals surface area contributed by atoms with Crippen LogP contribution in [0.1, 0.15) is 50.7 Å². The van der Waals surface area contributed by atoms with Gasteiger partial charge in [-0.3, -0.25) is 9.59 Å². The molecule has 5 heteroatoms. The van der Waals surface area contributed by atoms with Crippen LogP contribution in [0.15, 0.2) is 60.7 Å². The number of amides is 1. The number of methoxy groups -OCH3 is 2. The Morgan fingerprint density at radius 3 is 2.39 bits per heavy atom. The highest BCUT2D eigenvalue weighted by molar-refractivity contribution is 6.22. The van der Waals surface area contributed by atoms with Crippen LogP contribution in [-0.4, -0.2) is 37.4 Å². The number of ether oxygens (including phenoxy) is 2. The van der Waals surface area contributed by atoms with Crippen LogP contribution in [0.4, 0.5) is 0 Å². The number of carbonyl (C=O) groups excluding carboxylic acids is 2. The van der Waals surface area contributed by atoms with Crippen LogP contribution < -0.4 is 9.47 Å². The summed E-state index contributed by atoms with van der Waals surface area (Å²) < 4.78 is 10.8. The van der Waals surface area contributed by atoms with Crippen LogP contribution in [-0.2, 0) is 0 Å². The first-order valence-corrected chi connectivity index (χ1v) is 10.4. The summed E-state index contributed by atoms with van der Waals surface area (Å²) >= 11 is 0. The Morgan fingerprint density at radius 2 is 1.61 bits per heavy atom. The second kappa shape index (κ2) is 7.58. The van der Waals surface area contributed by atoms with E-state index >= 15 is 0 Å². The van der Waals surface area contributed by atoms with Gasteiger partial charge in [0.1, 0.15) is 0 Å². The summed E-state index contributed by atoms with van der Waals surface area (Å²) in [7, 11) is 3.22. The molecule has 1 aliphatic carbocycles. The molecule has 5 rings (SSSR count). The van der Waals surface area contributed by atoms with Crippen LogP contribution >= 0.6 is 0 Å². The first-order chi connectivity index (χ1) is 15.1. The van der Waals surface area contributed by atoms with Crippen molar-refractivity contribution in [2.45, 2.75) is 18.9 Å². The highest BCUT2D eigenvalue weighted by Crippen LogP contribution is 2.39. The summed E-state index contributed by atoms with van der Waals surface area (Å²) in [6.45, 7) is 0.684. The number of likely N-dealkylation sites (tertiary alicyclic amines) is 1. The van der Waals surface area contributed by atoms with E-state index in [0.717, 1.165) is 29.5 Å². The average molecular weight is 413 g/mol. The second-order valence-corrected chi connectivity index (χ2v) is 7.91. The largest absolute Gasteiger partial charge is 0.493 e. The molecule has 1 heterocycles. The van der Waals surface area contributed by atoms with E-state index in [1.807, 2.05) is 59.5 Å². The molecule has 1 aliphatic heterocycles. The number of nitrogens with zero attached hydrogens (tertiary/aromatic N) is 1. The van der Waals surface area contributed by atoms with Crippen molar-refractivity contribution in [3.05, 3.63) is 82.9 Å². The van der Waals surface area contributed by atoms with Crippen molar-refractivity contribution in [2.75, 3.05) is 20.8 Å². The van der Waals surface area contributed by atoms with Gasteiger partial charge in [0.05, 0.1) is 20.3 Å². The SMILES string of the molecule is COc1ccc(C2CCCN2C(=O)c2ccc3c(c2)C(=O)c2ccccc2-3)cc1OC. The Balaban J connectivity index is 1.46. The molecule has 0 aromatic heterocycles. The van der Waals surface area contributed by atoms with E-state index < -0.39 is 0 Å². The minimum Gasteiger partial charge on any atom is -0.493 e. The van der Waals surface area contributed by atoms with Gasteiger partial charge in [0, 0.05) is 23.2 Å². The molecule has 1 atom stereocenters. The Labute approximate surface area is 181 Å². The molecule has 0 spiro atoms. The topological polar surface area (TPSA) is 55.8 Å². The fraction of sp³-hybridized carbons (Fsp3) is 0.231. The first-order valence-electron chi connectivity index (χ1n) is 10.4. The number of ketones is 1. The molecule has 0 saturated carbocycles. The average Bonchev–Trinajstić information content (AvgIpc) is 3.42. The van der Waals surface area contributed by atoms with Gasteiger partial charge in [-0.2, -0.15) is 0 Å². The molecular weight excluding hydrogens is 390 g/mol. The van der Waals surface area contributed by atoms with Crippen molar-refractivity contribution < 1.29 is 19.1 Å². The van der Waals surface area contributed by atoms with Gasteiger partial charge in [-0.05, 0) is 53.8 Å². The Morgan fingerprint density at radius 1 is 0.871 bits per heavy atom. The molecule has 156 valence electrons. The van der Waals surface area contributed by atoms with Gasteiger partial charge in [0.25, 0.3) is 5.91 Å². The summed E-state index contributed by atoms with van der Waals surface area (Å²) in [5.74, 6) is 1.25. The van der Waals surface area contributed by atoms with Crippen molar-refractivity contribution in [2.24, 2.45) is 0 Å². The predicted molar refractivity (Wildman–Crippen MR) is 118 cm³/mol. The predicted octanol–water partition coefficient (Wildman–Crippen LogP) is 4.89. The van der Waals surface area contributed by atoms with Gasteiger partial charge in [-0.15, -0.1) is 0 Å². The quantitative estimate of drug-likeness (QED) is 0.478. The molecule has 1 unspecified atom stereocenters. The van der Waals surface area contributed by atoms with Crippen LogP contribution in [0, 0.1) is 0 Å². The summed E-state index contributed by atoms with van der Waals surface area (Å²) in [5.41, 5.74) is 4.71. The molecule has 3 aromatic carbocycles. The maximum absolute atomic E-state index is 13.4. The van der Waals surface area contributed by atoms with E-state index in [9.17, 15) is 9.59 Å². The molecule has 0 radical (unpaired) electrons. The molecule has 1 amide bonds. The Bertz CT molecular complexity index is 1200. The smallest absolute Gasteiger partial charge is 0.254 e. The van der Waals surface area contributed by atoms with E-state index in [-0.39, 0.29) is 17.7 Å². The highest BCUT2D eigenvalue weighted by Gasteiger charge is 2.33. The normalized spacial score (nSPS) is 16.8. The molecule has 2 aliphatic rings. The van der Waals surface area contributed by atoms with Gasteiger partial charge >= 0.3 is 0 Å². The van der Waals surface area contributed by atoms with Gasteiger partial charge in [0.15, 0.2) is 17.3 Å². The molecule has 3 aromatic rings. The lowest BCUT2D eigenvalue weighted by molar-refractivity contribution is 0.0735. The number of fused-ring (bicyclic) bond motifs is 3. The molecule has 0 N–H and O–H groups in total. The Kier molecular flexibility index (Phi) is 4.74. The molecule has 5 nitrogen and oxygen atoms in total. The minimum atomic E-state index is -0.0520. The number of rotatable bonds is 4. The van der Waals surface area contributed by atoms with E-state index in [1.54, 1.807) is 20.3 Å². The summed E-state index contributed by atoms with van der Waals surface area (Å²) in [6.07, 6.45) is 1.82. The van der Waals surface area contributed by atoms with Crippen molar-refractivity contribution in [1.82, 2.24) is 4.90 Å². The van der Waals surface area contributed by atoms with Gasteiger partial charge in [0.2, 0.25) is 0 Å². The van der Waals surface area contributed by atoms with Gasteiger partial charge < -0.3 is 14.4 Å². The van der Waals surface area contributed by atoms with Crippen molar-refractivity contribution in [3.63, 3.8) is 0 Å². The fourth-order valence-corrected chi connectivity index (χ4v) is 4.74. The van der Waals surface area contributed by atoms with E-state index in [1.165, 1.54) is 0 Å². The third-order valence-corrected chi connectivity index (χ3v) is 6.28. The molecule has 1 saturated heterocycles. The first kappa shape index (κ1) is 19.4. The monoisotopic (exact) mass is 413 g/mol. The maximum atomic E-state index is 13.4. The zero-order valence-electron chi connectivity index (χ0n) is 17.6. The van der Waals surface area contributed by atoms with Crippen LogP contribution in [0.25, 0.3) is 11.1 Å². The van der Waals surface area contributed by atoms with Gasteiger partial charge in [-0.25, -0.2) is 0 Å². The summed E-state index contributed by atoms with van der Waals surface area (Å²) in [6, 6.07) is 18.8. The van der Waals surface area contributed by atoms with Gasteiger partial charge in [-0.1, -0.05) is 36.4 Å². The zero-order valence-corrected chi connectivity index (χ0v) is 17.6. The molecular formula is C26H23NO4. The van der Waals surface area contributed by atoms with E-state index in [2.05, 4.69) is 0 Å². The number of benzene rings is 3. The lowest BCUT2D eigenvalue weighted by Gasteiger charge is -2.26. The van der Waals surface area contributed by atoms with Crippen molar-refractivity contribution in [3.8, 4) is 22.6 Å². The highest BCUT2D eigenvalue weighted by atomic mass is 16.5. The van der Waals surface area contributed by atoms with E-state index in [0.29, 0.717) is 34.7 Å². The fourth-order valence-electron chi connectivity index (χ4n) is 4.74. The lowest BCUT2D eigenvalue weighted by atomic mass is 10.0. The van der Waals surface area contributed by atoms with Crippen LogP contribution in [0.5, 0.6) is 11.5 Å². The number of hydrogen-bond acceptors (Lipinski definition) is 4. The molecule has 31 heavy (non-hydrogen) atoms. The van der Waals surface area contributed by atoms with E-state index in [4.69, 9.17) is 9.47 Å². The summed E-state index contributed by atoms with van der Waals surface area (Å²) in [4.78, 5) is 28.2. The third kappa shape index (κ3) is 3.08. The minimum absolute atomic E-state index is 0.0156. The standard InChI is InChI=1S/C26H23NO4/c1-30-23-12-10-16(15-24(23)31-2)22-8-5-13-27(22)26(29)17-9-11-19-18-6-3-4-7-20(18)25(28)21(19)14-17/h3-4,6-7,9-12,14-15,22H,5,8,13H2,1-2H3. The Hall–Kier alpha value is -3.60. The van der Waals surface area contributed by atoms with Crippen LogP contribution in [0.2, 0.25) is 0 Å². The molecule has 1 fully saturated rings. The molecule has 0 bridgehead atoms. The third-order valence-electron chi connectivity index (χ3n) is 6.28. The van der Waals surface area contributed by atoms with Crippen molar-refractivity contribution >= 4 is 11.7 Å². The number of carbonyl (C=O) groups is 2. The van der Waals surface area contributed by atoms with Crippen molar-refractivity contribution in [1.29, 1.82) is 0 Å². The maximum Gasteiger partial charge on any atom is 0.254 e. The van der Waals surface area contributed by atoms with Crippen LogP contribution in [0.3, 0.4) is 0 Å².